The first-order valence-corrected chi connectivity index (χ1v) is 4.74. The predicted molar refractivity (Wildman–Crippen MR) is 49.6 cm³/mol. The van der Waals surface area contributed by atoms with Crippen LogP contribution >= 0.6 is 0 Å². The number of rotatable bonds is 0. The van der Waals surface area contributed by atoms with Gasteiger partial charge in [-0.15, -0.1) is 0 Å². The molecule has 0 radical (unpaired) electrons. The minimum absolute atomic E-state index is 0.687. The van der Waals surface area contributed by atoms with E-state index in [9.17, 15) is 0 Å². The van der Waals surface area contributed by atoms with E-state index in [-0.39, 0.29) is 0 Å². The maximum absolute atomic E-state index is 9.08. The quantitative estimate of drug-likeness (QED) is 0.617. The highest BCUT2D eigenvalue weighted by Crippen LogP contribution is 2.39. The molecule has 3 heteroatoms. The molecule has 0 spiro atoms. The summed E-state index contributed by atoms with van der Waals surface area (Å²) >= 11 is 0. The van der Waals surface area contributed by atoms with Crippen LogP contribution in [0.1, 0.15) is 16.7 Å². The van der Waals surface area contributed by atoms with E-state index in [1.165, 1.54) is 0 Å². The second-order valence-electron chi connectivity index (χ2n) is 3.53. The summed E-state index contributed by atoms with van der Waals surface area (Å²) in [5, 5.41) is 9.08. The van der Waals surface area contributed by atoms with Crippen molar-refractivity contribution in [1.82, 2.24) is 0 Å². The Labute approximate surface area is 81.9 Å². The lowest BCUT2D eigenvalue weighted by Crippen LogP contribution is -1.92. The van der Waals surface area contributed by atoms with Crippen molar-refractivity contribution in [2.24, 2.45) is 0 Å². The molecular formula is C11H9NO2. The molecule has 0 bridgehead atoms. The summed E-state index contributed by atoms with van der Waals surface area (Å²) in [6, 6.07) is 4.24. The Kier molecular flexibility index (Phi) is 1.45. The zero-order chi connectivity index (χ0) is 9.54. The van der Waals surface area contributed by atoms with E-state index in [4.69, 9.17) is 14.7 Å². The summed E-state index contributed by atoms with van der Waals surface area (Å²) in [6.45, 7) is 1.37. The second-order valence-corrected chi connectivity index (χ2v) is 3.53. The van der Waals surface area contributed by atoms with Crippen molar-refractivity contribution in [3.8, 4) is 17.6 Å². The van der Waals surface area contributed by atoms with E-state index in [0.717, 1.165) is 35.5 Å². The molecule has 0 aromatic heterocycles. The van der Waals surface area contributed by atoms with Gasteiger partial charge in [0, 0.05) is 24.0 Å². The molecule has 2 aliphatic rings. The minimum atomic E-state index is 0.687. The third-order valence-corrected chi connectivity index (χ3v) is 2.76. The summed E-state index contributed by atoms with van der Waals surface area (Å²) < 4.78 is 10.9. The molecule has 1 aromatic carbocycles. The van der Waals surface area contributed by atoms with Crippen molar-refractivity contribution in [3.63, 3.8) is 0 Å². The van der Waals surface area contributed by atoms with Crippen LogP contribution in [0.4, 0.5) is 0 Å². The van der Waals surface area contributed by atoms with Gasteiger partial charge in [-0.3, -0.25) is 0 Å². The Morgan fingerprint density at radius 1 is 1.21 bits per heavy atom. The second kappa shape index (κ2) is 2.65. The summed E-state index contributed by atoms with van der Waals surface area (Å²) in [4.78, 5) is 0. The van der Waals surface area contributed by atoms with Crippen LogP contribution in [-0.2, 0) is 12.8 Å². The van der Waals surface area contributed by atoms with Crippen LogP contribution in [0.15, 0.2) is 6.07 Å². The molecule has 70 valence electrons. The van der Waals surface area contributed by atoms with Crippen LogP contribution in [0.2, 0.25) is 0 Å². The Morgan fingerprint density at radius 2 is 2.07 bits per heavy atom. The summed E-state index contributed by atoms with van der Waals surface area (Å²) in [7, 11) is 0. The molecule has 14 heavy (non-hydrogen) atoms. The fourth-order valence-electron chi connectivity index (χ4n) is 2.10. The van der Waals surface area contributed by atoms with E-state index in [2.05, 4.69) is 6.07 Å². The zero-order valence-corrected chi connectivity index (χ0v) is 7.67. The molecule has 0 unspecified atom stereocenters. The Balaban J connectivity index is 2.30. The average Bonchev–Trinajstić information content (AvgIpc) is 2.80. The van der Waals surface area contributed by atoms with Crippen LogP contribution in [0.25, 0.3) is 0 Å². The molecule has 2 heterocycles. The number of nitriles is 1. The molecule has 1 aromatic rings. The molecule has 3 nitrogen and oxygen atoms in total. The van der Waals surface area contributed by atoms with Gasteiger partial charge in [0.1, 0.15) is 23.1 Å². The predicted octanol–water partition coefficient (Wildman–Crippen LogP) is 1.43. The third-order valence-electron chi connectivity index (χ3n) is 2.76. The minimum Gasteiger partial charge on any atom is -0.493 e. The molecule has 0 N–H and O–H groups in total. The highest BCUT2D eigenvalue weighted by Gasteiger charge is 2.26. The maximum Gasteiger partial charge on any atom is 0.140 e. The molecule has 0 atom stereocenters. The third kappa shape index (κ3) is 0.856. The molecular weight excluding hydrogens is 178 g/mol. The van der Waals surface area contributed by atoms with Gasteiger partial charge in [0.15, 0.2) is 0 Å². The molecule has 0 amide bonds. The number of nitrogens with zero attached hydrogens (tertiary/aromatic N) is 1. The molecule has 3 rings (SSSR count). The van der Waals surface area contributed by atoms with Crippen LogP contribution in [0, 0.1) is 11.3 Å². The monoisotopic (exact) mass is 187 g/mol. The van der Waals surface area contributed by atoms with Crippen molar-refractivity contribution in [2.45, 2.75) is 12.8 Å². The summed E-state index contributed by atoms with van der Waals surface area (Å²) in [5.74, 6) is 1.67. The standard InChI is InChI=1S/C11H9NO2/c12-6-9-8-2-4-13-10(8)5-7-1-3-14-11(7)9/h5H,1-4H2. The van der Waals surface area contributed by atoms with Gasteiger partial charge in [0.2, 0.25) is 0 Å². The van der Waals surface area contributed by atoms with Gasteiger partial charge in [-0.1, -0.05) is 0 Å². The first-order valence-electron chi connectivity index (χ1n) is 4.74. The van der Waals surface area contributed by atoms with E-state index in [0.29, 0.717) is 18.8 Å². The lowest BCUT2D eigenvalue weighted by atomic mass is 10.0. The van der Waals surface area contributed by atoms with Crippen molar-refractivity contribution < 1.29 is 9.47 Å². The van der Waals surface area contributed by atoms with Crippen molar-refractivity contribution in [3.05, 3.63) is 22.8 Å². The molecule has 0 aliphatic carbocycles. The smallest absolute Gasteiger partial charge is 0.140 e. The first-order chi connectivity index (χ1) is 6.90. The number of hydrogen-bond acceptors (Lipinski definition) is 3. The maximum atomic E-state index is 9.08. The largest absolute Gasteiger partial charge is 0.493 e. The van der Waals surface area contributed by atoms with Gasteiger partial charge in [0.05, 0.1) is 13.2 Å². The summed E-state index contributed by atoms with van der Waals surface area (Å²) in [6.07, 6.45) is 1.72. The molecule has 0 saturated heterocycles. The van der Waals surface area contributed by atoms with Gasteiger partial charge in [0.25, 0.3) is 0 Å². The fourth-order valence-corrected chi connectivity index (χ4v) is 2.10. The van der Waals surface area contributed by atoms with E-state index < -0.39 is 0 Å². The molecule has 0 saturated carbocycles. The number of hydrogen-bond donors (Lipinski definition) is 0. The Morgan fingerprint density at radius 3 is 2.93 bits per heavy atom. The lowest BCUT2D eigenvalue weighted by molar-refractivity contribution is 0.355. The van der Waals surface area contributed by atoms with Crippen LogP contribution < -0.4 is 9.47 Å². The van der Waals surface area contributed by atoms with Crippen LogP contribution in [0.5, 0.6) is 11.5 Å². The normalized spacial score (nSPS) is 16.5. The van der Waals surface area contributed by atoms with E-state index in [1.54, 1.807) is 0 Å². The van der Waals surface area contributed by atoms with Crippen molar-refractivity contribution in [2.75, 3.05) is 13.2 Å². The lowest BCUT2D eigenvalue weighted by Gasteiger charge is -2.06. The average molecular weight is 187 g/mol. The fraction of sp³-hybridized carbons (Fsp3) is 0.364. The van der Waals surface area contributed by atoms with Gasteiger partial charge in [-0.25, -0.2) is 0 Å². The van der Waals surface area contributed by atoms with E-state index >= 15 is 0 Å². The Hall–Kier alpha value is -1.69. The Bertz CT molecular complexity index is 413. The number of benzene rings is 1. The SMILES string of the molecule is N#Cc1c2c(cc3c1OCC3)OCC2. The van der Waals surface area contributed by atoms with Gasteiger partial charge in [-0.2, -0.15) is 5.26 Å². The van der Waals surface area contributed by atoms with Gasteiger partial charge < -0.3 is 9.47 Å². The van der Waals surface area contributed by atoms with Crippen molar-refractivity contribution in [1.29, 1.82) is 5.26 Å². The highest BCUT2D eigenvalue weighted by molar-refractivity contribution is 5.61. The van der Waals surface area contributed by atoms with Crippen LogP contribution in [0.3, 0.4) is 0 Å². The van der Waals surface area contributed by atoms with Gasteiger partial charge >= 0.3 is 0 Å². The van der Waals surface area contributed by atoms with Crippen molar-refractivity contribution >= 4 is 0 Å². The van der Waals surface area contributed by atoms with Crippen LogP contribution in [-0.4, -0.2) is 13.2 Å². The zero-order valence-electron chi connectivity index (χ0n) is 7.67. The number of fused-ring (bicyclic) bond motifs is 2. The summed E-state index contributed by atoms with van der Waals surface area (Å²) in [5.41, 5.74) is 2.82. The molecule has 0 fully saturated rings. The van der Waals surface area contributed by atoms with Gasteiger partial charge in [-0.05, 0) is 6.07 Å². The topological polar surface area (TPSA) is 42.2 Å². The number of ether oxygens (including phenoxy) is 2. The highest BCUT2D eigenvalue weighted by atomic mass is 16.5. The van der Waals surface area contributed by atoms with E-state index in [1.807, 2.05) is 6.07 Å². The first kappa shape index (κ1) is 7.69. The molecule has 2 aliphatic heterocycles.